The van der Waals surface area contributed by atoms with Crippen molar-refractivity contribution < 1.29 is 4.79 Å². The van der Waals surface area contributed by atoms with Gasteiger partial charge in [-0.05, 0) is 43.4 Å². The second kappa shape index (κ2) is 5.95. The van der Waals surface area contributed by atoms with Crippen molar-refractivity contribution in [2.45, 2.75) is 39.2 Å². The molecule has 0 bridgehead atoms. The summed E-state index contributed by atoms with van der Waals surface area (Å²) in [6.07, 6.45) is 3.30. The van der Waals surface area contributed by atoms with Gasteiger partial charge in [-0.25, -0.2) is 4.79 Å². The van der Waals surface area contributed by atoms with E-state index in [1.54, 1.807) is 6.07 Å². The summed E-state index contributed by atoms with van der Waals surface area (Å²) in [6, 6.07) is 7.73. The number of rotatable bonds is 5. The molecule has 0 heterocycles. The Balaban J connectivity index is 1.95. The molecule has 4 heteroatoms. The number of nitrogens with one attached hydrogen (secondary N) is 1. The topological polar surface area (TPSA) is 58.4 Å². The van der Waals surface area contributed by atoms with Gasteiger partial charge in [-0.1, -0.05) is 19.9 Å². The summed E-state index contributed by atoms with van der Waals surface area (Å²) >= 11 is 0. The van der Waals surface area contributed by atoms with E-state index in [-0.39, 0.29) is 6.03 Å². The lowest BCUT2D eigenvalue weighted by molar-refractivity contribution is 0.205. The SMILES string of the molecule is CC(C)CCN(C(=O)Nc1cccc(N)c1)C1CC1. The van der Waals surface area contributed by atoms with E-state index in [1.807, 2.05) is 23.1 Å². The van der Waals surface area contributed by atoms with Crippen LogP contribution in [-0.2, 0) is 0 Å². The van der Waals surface area contributed by atoms with Gasteiger partial charge in [0.25, 0.3) is 0 Å². The summed E-state index contributed by atoms with van der Waals surface area (Å²) in [5, 5.41) is 2.93. The second-order valence-corrected chi connectivity index (χ2v) is 5.66. The van der Waals surface area contributed by atoms with Crippen LogP contribution in [0.1, 0.15) is 33.1 Å². The highest BCUT2D eigenvalue weighted by Gasteiger charge is 2.32. The van der Waals surface area contributed by atoms with E-state index < -0.39 is 0 Å². The van der Waals surface area contributed by atoms with Crippen LogP contribution in [0.15, 0.2) is 24.3 Å². The zero-order chi connectivity index (χ0) is 13.8. The van der Waals surface area contributed by atoms with Gasteiger partial charge in [0, 0.05) is 24.0 Å². The van der Waals surface area contributed by atoms with Gasteiger partial charge < -0.3 is 16.0 Å². The minimum atomic E-state index is -0.00579. The fourth-order valence-electron chi connectivity index (χ4n) is 2.05. The molecule has 1 aliphatic carbocycles. The van der Waals surface area contributed by atoms with E-state index in [2.05, 4.69) is 19.2 Å². The molecular formula is C15H23N3O. The minimum absolute atomic E-state index is 0.00579. The van der Waals surface area contributed by atoms with Crippen LogP contribution in [0.25, 0.3) is 0 Å². The molecule has 104 valence electrons. The summed E-state index contributed by atoms with van der Waals surface area (Å²) in [5.74, 6) is 0.612. The first kappa shape index (κ1) is 13.7. The van der Waals surface area contributed by atoms with Gasteiger partial charge in [-0.15, -0.1) is 0 Å². The Morgan fingerprint density at radius 3 is 2.79 bits per heavy atom. The molecule has 0 unspecified atom stereocenters. The second-order valence-electron chi connectivity index (χ2n) is 5.66. The first-order chi connectivity index (χ1) is 9.06. The van der Waals surface area contributed by atoms with Crippen molar-refractivity contribution in [2.75, 3.05) is 17.6 Å². The Labute approximate surface area is 115 Å². The zero-order valence-electron chi connectivity index (χ0n) is 11.7. The van der Waals surface area contributed by atoms with Gasteiger partial charge in [0.2, 0.25) is 0 Å². The molecule has 1 fully saturated rings. The highest BCUT2D eigenvalue weighted by Crippen LogP contribution is 2.28. The lowest BCUT2D eigenvalue weighted by atomic mass is 10.1. The number of urea groups is 1. The molecule has 1 aromatic carbocycles. The van der Waals surface area contributed by atoms with Crippen molar-refractivity contribution in [3.05, 3.63) is 24.3 Å². The maximum Gasteiger partial charge on any atom is 0.322 e. The van der Waals surface area contributed by atoms with Crippen molar-refractivity contribution in [3.8, 4) is 0 Å². The third kappa shape index (κ3) is 4.16. The predicted octanol–water partition coefficient (Wildman–Crippen LogP) is 3.31. The van der Waals surface area contributed by atoms with Gasteiger partial charge in [0.05, 0.1) is 0 Å². The molecule has 0 spiro atoms. The number of benzene rings is 1. The summed E-state index contributed by atoms with van der Waals surface area (Å²) in [7, 11) is 0. The molecule has 1 aliphatic rings. The molecule has 0 radical (unpaired) electrons. The Bertz CT molecular complexity index is 441. The van der Waals surface area contributed by atoms with Crippen molar-refractivity contribution in [3.63, 3.8) is 0 Å². The smallest absolute Gasteiger partial charge is 0.322 e. The monoisotopic (exact) mass is 261 g/mol. The van der Waals surface area contributed by atoms with E-state index in [1.165, 1.54) is 0 Å². The molecule has 19 heavy (non-hydrogen) atoms. The van der Waals surface area contributed by atoms with Crippen LogP contribution in [-0.4, -0.2) is 23.5 Å². The Kier molecular flexibility index (Phi) is 4.30. The van der Waals surface area contributed by atoms with Gasteiger partial charge in [0.15, 0.2) is 0 Å². The molecule has 1 saturated carbocycles. The molecule has 0 aromatic heterocycles. The minimum Gasteiger partial charge on any atom is -0.399 e. The standard InChI is InChI=1S/C15H23N3O/c1-11(2)8-9-18(14-6-7-14)15(19)17-13-5-3-4-12(16)10-13/h3-5,10-11,14H,6-9,16H2,1-2H3,(H,17,19). The maximum atomic E-state index is 12.3. The van der Waals surface area contributed by atoms with E-state index in [4.69, 9.17) is 5.73 Å². The third-order valence-corrected chi connectivity index (χ3v) is 3.33. The van der Waals surface area contributed by atoms with Crippen molar-refractivity contribution in [2.24, 2.45) is 5.92 Å². The molecule has 3 N–H and O–H groups in total. The number of carbonyl (C=O) groups excluding carboxylic acids is 1. The summed E-state index contributed by atoms with van der Waals surface area (Å²) in [5.41, 5.74) is 7.14. The average molecular weight is 261 g/mol. The van der Waals surface area contributed by atoms with Gasteiger partial charge in [0.1, 0.15) is 0 Å². The van der Waals surface area contributed by atoms with Crippen LogP contribution in [0.3, 0.4) is 0 Å². The number of nitrogens with two attached hydrogens (primary N) is 1. The number of hydrogen-bond acceptors (Lipinski definition) is 2. The van der Waals surface area contributed by atoms with Crippen LogP contribution >= 0.6 is 0 Å². The largest absolute Gasteiger partial charge is 0.399 e. The Morgan fingerprint density at radius 2 is 2.21 bits per heavy atom. The number of hydrogen-bond donors (Lipinski definition) is 2. The zero-order valence-corrected chi connectivity index (χ0v) is 11.7. The van der Waals surface area contributed by atoms with Gasteiger partial charge in [-0.3, -0.25) is 0 Å². The fraction of sp³-hybridized carbons (Fsp3) is 0.533. The number of nitrogen functional groups attached to an aromatic ring is 1. The molecular weight excluding hydrogens is 238 g/mol. The Morgan fingerprint density at radius 1 is 1.47 bits per heavy atom. The summed E-state index contributed by atoms with van der Waals surface area (Å²) in [4.78, 5) is 14.3. The third-order valence-electron chi connectivity index (χ3n) is 3.33. The Hall–Kier alpha value is -1.71. The molecule has 4 nitrogen and oxygen atoms in total. The molecule has 0 aliphatic heterocycles. The van der Waals surface area contributed by atoms with E-state index in [9.17, 15) is 4.79 Å². The van der Waals surface area contributed by atoms with Crippen LogP contribution < -0.4 is 11.1 Å². The van der Waals surface area contributed by atoms with E-state index in [0.717, 1.165) is 31.5 Å². The maximum absolute atomic E-state index is 12.3. The van der Waals surface area contributed by atoms with Crippen molar-refractivity contribution in [1.82, 2.24) is 4.90 Å². The highest BCUT2D eigenvalue weighted by atomic mass is 16.2. The lowest BCUT2D eigenvalue weighted by Crippen LogP contribution is -2.37. The summed E-state index contributed by atoms with van der Waals surface area (Å²) < 4.78 is 0. The average Bonchev–Trinajstić information content (AvgIpc) is 3.13. The fourth-order valence-corrected chi connectivity index (χ4v) is 2.05. The highest BCUT2D eigenvalue weighted by molar-refractivity contribution is 5.90. The predicted molar refractivity (Wildman–Crippen MR) is 79.1 cm³/mol. The van der Waals surface area contributed by atoms with Gasteiger partial charge >= 0.3 is 6.03 Å². The van der Waals surface area contributed by atoms with Gasteiger partial charge in [-0.2, -0.15) is 0 Å². The lowest BCUT2D eigenvalue weighted by Gasteiger charge is -2.23. The van der Waals surface area contributed by atoms with Crippen molar-refractivity contribution >= 4 is 17.4 Å². The van der Waals surface area contributed by atoms with Crippen LogP contribution in [0.4, 0.5) is 16.2 Å². The number of amides is 2. The van der Waals surface area contributed by atoms with E-state index >= 15 is 0 Å². The quantitative estimate of drug-likeness (QED) is 0.799. The van der Waals surface area contributed by atoms with Crippen LogP contribution in [0, 0.1) is 5.92 Å². The molecule has 1 aromatic rings. The first-order valence-electron chi connectivity index (χ1n) is 6.99. The normalized spacial score (nSPS) is 14.5. The molecule has 2 rings (SSSR count). The first-order valence-corrected chi connectivity index (χ1v) is 6.99. The van der Waals surface area contributed by atoms with Crippen LogP contribution in [0.2, 0.25) is 0 Å². The number of anilines is 2. The molecule has 0 atom stereocenters. The molecule has 2 amide bonds. The van der Waals surface area contributed by atoms with Crippen molar-refractivity contribution in [1.29, 1.82) is 0 Å². The molecule has 0 saturated heterocycles. The summed E-state index contributed by atoms with van der Waals surface area (Å²) in [6.45, 7) is 5.19. The van der Waals surface area contributed by atoms with Crippen LogP contribution in [0.5, 0.6) is 0 Å². The number of carbonyl (C=O) groups is 1. The van der Waals surface area contributed by atoms with E-state index in [0.29, 0.717) is 17.6 Å². The number of nitrogens with zero attached hydrogens (tertiary/aromatic N) is 1.